The summed E-state index contributed by atoms with van der Waals surface area (Å²) in [6.07, 6.45) is 0. The highest BCUT2D eigenvalue weighted by molar-refractivity contribution is 7.14. The number of carbonyl (C=O) groups excluding carboxylic acids is 1. The third-order valence-electron chi connectivity index (χ3n) is 2.65. The molecule has 0 spiro atoms. The fraction of sp³-hybridized carbons (Fsp3) is 0.231. The molecule has 6 nitrogen and oxygen atoms in total. The van der Waals surface area contributed by atoms with Gasteiger partial charge in [0.1, 0.15) is 0 Å². The molecule has 0 aliphatic rings. The molecule has 2 aromatic rings. The minimum Gasteiger partial charge on any atom is -0.298 e. The van der Waals surface area contributed by atoms with Gasteiger partial charge in [0.05, 0.1) is 10.6 Å². The molecule has 0 aliphatic carbocycles. The number of nitrogens with one attached hydrogen (secondary N) is 1. The minimum atomic E-state index is -0.531. The molecule has 0 saturated carbocycles. The van der Waals surface area contributed by atoms with Crippen LogP contribution in [-0.2, 0) is 0 Å². The van der Waals surface area contributed by atoms with Crippen LogP contribution in [0, 0.1) is 10.1 Å². The molecule has 0 radical (unpaired) electrons. The Hall–Kier alpha value is -2.28. The molecule has 1 aromatic carbocycles. The van der Waals surface area contributed by atoms with Crippen LogP contribution in [-0.4, -0.2) is 15.8 Å². The fourth-order valence-electron chi connectivity index (χ4n) is 1.54. The maximum Gasteiger partial charge on any atom is 0.270 e. The van der Waals surface area contributed by atoms with E-state index in [0.717, 1.165) is 5.69 Å². The zero-order valence-electron chi connectivity index (χ0n) is 11.0. The van der Waals surface area contributed by atoms with Crippen molar-refractivity contribution in [2.45, 2.75) is 19.8 Å². The second kappa shape index (κ2) is 5.79. The predicted molar refractivity (Wildman–Crippen MR) is 77.3 cm³/mol. The number of aromatic nitrogens is 1. The first-order chi connectivity index (χ1) is 9.47. The summed E-state index contributed by atoms with van der Waals surface area (Å²) in [5, 5.41) is 15.7. The quantitative estimate of drug-likeness (QED) is 0.690. The molecule has 1 N–H and O–H groups in total. The van der Waals surface area contributed by atoms with Gasteiger partial charge in [0.15, 0.2) is 5.13 Å². The highest BCUT2D eigenvalue weighted by atomic mass is 32.1. The maximum atomic E-state index is 12.0. The van der Waals surface area contributed by atoms with Gasteiger partial charge in [0.2, 0.25) is 0 Å². The molecule has 1 aromatic heterocycles. The van der Waals surface area contributed by atoms with Crippen LogP contribution >= 0.6 is 11.3 Å². The normalized spacial score (nSPS) is 10.6. The predicted octanol–water partition coefficient (Wildman–Crippen LogP) is 3.43. The van der Waals surface area contributed by atoms with Crippen LogP contribution in [0.5, 0.6) is 0 Å². The lowest BCUT2D eigenvalue weighted by Gasteiger charge is -2.02. The number of thiazole rings is 1. The Bertz CT molecular complexity index is 652. The summed E-state index contributed by atoms with van der Waals surface area (Å²) in [5.41, 5.74) is 1.03. The first kappa shape index (κ1) is 14.1. The number of non-ortho nitro benzene ring substituents is 1. The van der Waals surface area contributed by atoms with E-state index in [1.165, 1.54) is 35.6 Å². The summed E-state index contributed by atoms with van der Waals surface area (Å²) in [6.45, 7) is 4.03. The Morgan fingerprint density at radius 1 is 1.45 bits per heavy atom. The van der Waals surface area contributed by atoms with E-state index < -0.39 is 10.8 Å². The average molecular weight is 291 g/mol. The van der Waals surface area contributed by atoms with Crippen molar-refractivity contribution in [2.24, 2.45) is 0 Å². The van der Waals surface area contributed by atoms with Crippen LogP contribution < -0.4 is 5.32 Å². The van der Waals surface area contributed by atoms with E-state index in [0.29, 0.717) is 5.13 Å². The number of benzene rings is 1. The number of rotatable bonds is 4. The van der Waals surface area contributed by atoms with Crippen molar-refractivity contribution >= 4 is 28.1 Å². The van der Waals surface area contributed by atoms with E-state index in [-0.39, 0.29) is 17.2 Å². The Labute approximate surface area is 119 Å². The van der Waals surface area contributed by atoms with Gasteiger partial charge >= 0.3 is 0 Å². The highest BCUT2D eigenvalue weighted by Gasteiger charge is 2.13. The molecule has 0 aliphatic heterocycles. The Morgan fingerprint density at radius 3 is 2.80 bits per heavy atom. The lowest BCUT2D eigenvalue weighted by atomic mass is 10.2. The third-order valence-corrected chi connectivity index (χ3v) is 3.43. The van der Waals surface area contributed by atoms with Gasteiger partial charge in [-0.2, -0.15) is 0 Å². The van der Waals surface area contributed by atoms with Crippen LogP contribution in [0.1, 0.15) is 35.8 Å². The van der Waals surface area contributed by atoms with Gasteiger partial charge in [-0.3, -0.25) is 20.2 Å². The Kier molecular flexibility index (Phi) is 4.09. The van der Waals surface area contributed by atoms with Crippen molar-refractivity contribution in [1.29, 1.82) is 0 Å². The molecule has 104 valence electrons. The number of nitrogens with zero attached hydrogens (tertiary/aromatic N) is 2. The molecule has 0 fully saturated rings. The number of anilines is 1. The SMILES string of the molecule is CC(C)c1csc(NC(=O)c2cccc([N+](=O)[O-])c2)n1. The number of hydrogen-bond acceptors (Lipinski definition) is 5. The highest BCUT2D eigenvalue weighted by Crippen LogP contribution is 2.22. The van der Waals surface area contributed by atoms with Crippen molar-refractivity contribution in [3.8, 4) is 0 Å². The van der Waals surface area contributed by atoms with Gasteiger partial charge < -0.3 is 0 Å². The number of nitro benzene ring substituents is 1. The molecule has 1 amide bonds. The summed E-state index contributed by atoms with van der Waals surface area (Å²) >= 11 is 1.33. The number of nitro groups is 1. The first-order valence-electron chi connectivity index (χ1n) is 5.98. The number of hydrogen-bond donors (Lipinski definition) is 1. The van der Waals surface area contributed by atoms with E-state index in [4.69, 9.17) is 0 Å². The van der Waals surface area contributed by atoms with Gasteiger partial charge in [0.25, 0.3) is 11.6 Å². The molecule has 0 bridgehead atoms. The molecular weight excluding hydrogens is 278 g/mol. The molecule has 0 unspecified atom stereocenters. The van der Waals surface area contributed by atoms with E-state index in [1.54, 1.807) is 0 Å². The van der Waals surface area contributed by atoms with Crippen molar-refractivity contribution in [2.75, 3.05) is 5.32 Å². The van der Waals surface area contributed by atoms with Crippen molar-refractivity contribution in [3.05, 3.63) is 51.0 Å². The Balaban J connectivity index is 2.15. The van der Waals surface area contributed by atoms with E-state index in [2.05, 4.69) is 10.3 Å². The van der Waals surface area contributed by atoms with E-state index in [9.17, 15) is 14.9 Å². The van der Waals surface area contributed by atoms with Crippen molar-refractivity contribution < 1.29 is 9.72 Å². The summed E-state index contributed by atoms with van der Waals surface area (Å²) in [5.74, 6) is -0.118. The van der Waals surface area contributed by atoms with Crippen LogP contribution in [0.25, 0.3) is 0 Å². The molecule has 1 heterocycles. The van der Waals surface area contributed by atoms with Crippen molar-refractivity contribution in [3.63, 3.8) is 0 Å². The lowest BCUT2D eigenvalue weighted by Crippen LogP contribution is -2.12. The topological polar surface area (TPSA) is 85.1 Å². The van der Waals surface area contributed by atoms with Crippen LogP contribution in [0.2, 0.25) is 0 Å². The molecular formula is C13H13N3O3S. The monoisotopic (exact) mass is 291 g/mol. The second-order valence-corrected chi connectivity index (χ2v) is 5.35. The van der Waals surface area contributed by atoms with E-state index >= 15 is 0 Å². The van der Waals surface area contributed by atoms with Crippen LogP contribution in [0.3, 0.4) is 0 Å². The van der Waals surface area contributed by atoms with Gasteiger partial charge in [-0.05, 0) is 12.0 Å². The van der Waals surface area contributed by atoms with Crippen LogP contribution in [0.4, 0.5) is 10.8 Å². The summed E-state index contributed by atoms with van der Waals surface area (Å²) in [4.78, 5) is 26.4. The minimum absolute atomic E-state index is 0.111. The largest absolute Gasteiger partial charge is 0.298 e. The summed E-state index contributed by atoms with van der Waals surface area (Å²) in [6, 6.07) is 5.59. The molecule has 0 saturated heterocycles. The second-order valence-electron chi connectivity index (χ2n) is 4.49. The van der Waals surface area contributed by atoms with E-state index in [1.807, 2.05) is 19.2 Å². The fourth-order valence-corrected chi connectivity index (χ4v) is 2.41. The summed E-state index contributed by atoms with van der Waals surface area (Å²) < 4.78 is 0. The van der Waals surface area contributed by atoms with Gasteiger partial charge in [-0.25, -0.2) is 4.98 Å². The molecule has 20 heavy (non-hydrogen) atoms. The summed E-state index contributed by atoms with van der Waals surface area (Å²) in [7, 11) is 0. The number of carbonyl (C=O) groups is 1. The van der Waals surface area contributed by atoms with Crippen molar-refractivity contribution in [1.82, 2.24) is 4.98 Å². The zero-order valence-corrected chi connectivity index (χ0v) is 11.8. The first-order valence-corrected chi connectivity index (χ1v) is 6.86. The standard InChI is InChI=1S/C13H13N3O3S/c1-8(2)11-7-20-13(14-11)15-12(17)9-4-3-5-10(6-9)16(18)19/h3-8H,1-2H3,(H,14,15,17). The third kappa shape index (κ3) is 3.18. The molecule has 0 atom stereocenters. The average Bonchev–Trinajstić information content (AvgIpc) is 2.87. The maximum absolute atomic E-state index is 12.0. The van der Waals surface area contributed by atoms with Gasteiger partial charge in [-0.1, -0.05) is 19.9 Å². The lowest BCUT2D eigenvalue weighted by molar-refractivity contribution is -0.384. The Morgan fingerprint density at radius 2 is 2.20 bits per heavy atom. The smallest absolute Gasteiger partial charge is 0.270 e. The molecule has 2 rings (SSSR count). The van der Waals surface area contributed by atoms with Gasteiger partial charge in [0, 0.05) is 23.1 Å². The number of amides is 1. The zero-order chi connectivity index (χ0) is 14.7. The van der Waals surface area contributed by atoms with Crippen LogP contribution in [0.15, 0.2) is 29.6 Å². The van der Waals surface area contributed by atoms with Gasteiger partial charge in [-0.15, -0.1) is 11.3 Å². The molecule has 7 heteroatoms.